The summed E-state index contributed by atoms with van der Waals surface area (Å²) in [5, 5.41) is 6.78. The smallest absolute Gasteiger partial charge is 0.145 e. The van der Waals surface area contributed by atoms with Crippen molar-refractivity contribution in [2.75, 3.05) is 0 Å². The van der Waals surface area contributed by atoms with E-state index in [1.165, 1.54) is 21.9 Å². The van der Waals surface area contributed by atoms with Crippen LogP contribution in [-0.2, 0) is 0 Å². The number of ether oxygens (including phenoxy) is 1. The molecule has 5 nitrogen and oxygen atoms in total. The van der Waals surface area contributed by atoms with Gasteiger partial charge in [0.1, 0.15) is 22.8 Å². The standard InChI is InChI=1S/C36H22N4O/c1-2-6-23(7-3-1)24-10-15-34-30(20-24)28-14-12-26(22-32(28)36-38-17-19-40(34)36)41-25-11-13-27-29-8-4-5-9-33(29)39-18-16-37-35(39)31(27)21-25/h1-22H. The van der Waals surface area contributed by atoms with E-state index < -0.39 is 0 Å². The molecule has 5 aromatic carbocycles. The van der Waals surface area contributed by atoms with Gasteiger partial charge in [0.2, 0.25) is 0 Å². The first-order chi connectivity index (χ1) is 20.3. The van der Waals surface area contributed by atoms with Crippen LogP contribution < -0.4 is 4.74 Å². The van der Waals surface area contributed by atoms with Crippen LogP contribution in [0, 0.1) is 0 Å². The number of rotatable bonds is 3. The number of pyridine rings is 2. The summed E-state index contributed by atoms with van der Waals surface area (Å²) >= 11 is 0. The van der Waals surface area contributed by atoms with E-state index in [1.54, 1.807) is 0 Å². The summed E-state index contributed by atoms with van der Waals surface area (Å²) in [7, 11) is 0. The van der Waals surface area contributed by atoms with Crippen molar-refractivity contribution in [3.05, 3.63) is 134 Å². The topological polar surface area (TPSA) is 43.8 Å². The quantitative estimate of drug-likeness (QED) is 0.216. The van der Waals surface area contributed by atoms with Crippen LogP contribution in [0.5, 0.6) is 11.5 Å². The lowest BCUT2D eigenvalue weighted by Crippen LogP contribution is -1.93. The van der Waals surface area contributed by atoms with Crippen molar-refractivity contribution >= 4 is 54.6 Å². The summed E-state index contributed by atoms with van der Waals surface area (Å²) in [6.45, 7) is 0. The first-order valence-electron chi connectivity index (χ1n) is 13.7. The van der Waals surface area contributed by atoms with Gasteiger partial charge in [-0.05, 0) is 76.5 Å². The number of hydrogen-bond acceptors (Lipinski definition) is 3. The van der Waals surface area contributed by atoms with E-state index in [0.717, 1.165) is 55.4 Å². The highest BCUT2D eigenvalue weighted by molar-refractivity contribution is 6.13. The normalized spacial score (nSPS) is 11.9. The lowest BCUT2D eigenvalue weighted by Gasteiger charge is -2.13. The molecule has 4 heterocycles. The number of imidazole rings is 2. The molecule has 41 heavy (non-hydrogen) atoms. The summed E-state index contributed by atoms with van der Waals surface area (Å²) in [6, 6.07) is 38.1. The molecule has 0 radical (unpaired) electrons. The molecule has 4 aromatic heterocycles. The van der Waals surface area contributed by atoms with Gasteiger partial charge in [0.25, 0.3) is 0 Å². The van der Waals surface area contributed by atoms with E-state index in [0.29, 0.717) is 0 Å². The monoisotopic (exact) mass is 526 g/mol. The van der Waals surface area contributed by atoms with Crippen LogP contribution in [0.2, 0.25) is 0 Å². The van der Waals surface area contributed by atoms with Gasteiger partial charge in [-0.3, -0.25) is 8.80 Å². The first-order valence-corrected chi connectivity index (χ1v) is 13.7. The summed E-state index contributed by atoms with van der Waals surface area (Å²) in [5.74, 6) is 1.53. The van der Waals surface area contributed by atoms with Crippen molar-refractivity contribution < 1.29 is 4.74 Å². The van der Waals surface area contributed by atoms with E-state index in [2.05, 4.69) is 105 Å². The third-order valence-electron chi connectivity index (χ3n) is 8.09. The number of hydrogen-bond donors (Lipinski definition) is 0. The maximum atomic E-state index is 6.49. The van der Waals surface area contributed by atoms with Crippen LogP contribution in [0.4, 0.5) is 0 Å². The molecule has 0 saturated heterocycles. The molecule has 0 bridgehead atoms. The number of fused-ring (bicyclic) bond motifs is 12. The van der Waals surface area contributed by atoms with E-state index in [4.69, 9.17) is 9.72 Å². The van der Waals surface area contributed by atoms with Crippen molar-refractivity contribution in [2.45, 2.75) is 0 Å². The number of para-hydroxylation sites is 1. The van der Waals surface area contributed by atoms with Gasteiger partial charge in [-0.25, -0.2) is 9.97 Å². The summed E-state index contributed by atoms with van der Waals surface area (Å²) in [6.07, 6.45) is 7.74. The van der Waals surface area contributed by atoms with Crippen LogP contribution >= 0.6 is 0 Å². The van der Waals surface area contributed by atoms with Gasteiger partial charge in [0.15, 0.2) is 0 Å². The molecule has 9 rings (SSSR count). The molecule has 9 aromatic rings. The molecule has 0 aliphatic rings. The molecule has 0 saturated carbocycles. The summed E-state index contributed by atoms with van der Waals surface area (Å²) in [5.41, 5.74) is 6.49. The van der Waals surface area contributed by atoms with E-state index in [1.807, 2.05) is 43.0 Å². The maximum Gasteiger partial charge on any atom is 0.145 e. The van der Waals surface area contributed by atoms with Crippen molar-refractivity contribution in [2.24, 2.45) is 0 Å². The molecule has 0 atom stereocenters. The van der Waals surface area contributed by atoms with Crippen LogP contribution in [0.15, 0.2) is 134 Å². The Labute approximate surface area is 234 Å². The molecule has 192 valence electrons. The van der Waals surface area contributed by atoms with Crippen molar-refractivity contribution in [3.8, 4) is 22.6 Å². The van der Waals surface area contributed by atoms with Gasteiger partial charge >= 0.3 is 0 Å². The van der Waals surface area contributed by atoms with Gasteiger partial charge in [-0.15, -0.1) is 0 Å². The molecule has 0 aliphatic carbocycles. The Bertz CT molecular complexity index is 2450. The number of aromatic nitrogens is 4. The van der Waals surface area contributed by atoms with Gasteiger partial charge in [0.05, 0.1) is 11.0 Å². The molecular formula is C36H22N4O. The van der Waals surface area contributed by atoms with Crippen LogP contribution in [0.3, 0.4) is 0 Å². The molecule has 0 spiro atoms. The second kappa shape index (κ2) is 8.41. The second-order valence-electron chi connectivity index (χ2n) is 10.4. The van der Waals surface area contributed by atoms with Crippen LogP contribution in [0.25, 0.3) is 65.8 Å². The molecule has 0 unspecified atom stereocenters. The van der Waals surface area contributed by atoms with Gasteiger partial charge in [-0.1, -0.05) is 54.6 Å². The Morgan fingerprint density at radius 1 is 0.439 bits per heavy atom. The van der Waals surface area contributed by atoms with Crippen molar-refractivity contribution in [3.63, 3.8) is 0 Å². The molecular weight excluding hydrogens is 504 g/mol. The fourth-order valence-electron chi connectivity index (χ4n) is 6.23. The fourth-order valence-corrected chi connectivity index (χ4v) is 6.23. The Morgan fingerprint density at radius 3 is 1.76 bits per heavy atom. The minimum Gasteiger partial charge on any atom is -0.457 e. The minimum absolute atomic E-state index is 0.764. The zero-order valence-corrected chi connectivity index (χ0v) is 21.9. The van der Waals surface area contributed by atoms with Gasteiger partial charge in [-0.2, -0.15) is 0 Å². The predicted molar refractivity (Wildman–Crippen MR) is 166 cm³/mol. The highest BCUT2D eigenvalue weighted by atomic mass is 16.5. The van der Waals surface area contributed by atoms with Crippen LogP contribution in [-0.4, -0.2) is 18.8 Å². The fraction of sp³-hybridized carbons (Fsp3) is 0. The average molecular weight is 527 g/mol. The van der Waals surface area contributed by atoms with Crippen molar-refractivity contribution in [1.29, 1.82) is 0 Å². The Balaban J connectivity index is 1.20. The predicted octanol–water partition coefficient (Wildman–Crippen LogP) is 9.05. The lowest BCUT2D eigenvalue weighted by molar-refractivity contribution is 0.484. The van der Waals surface area contributed by atoms with Crippen LogP contribution in [0.1, 0.15) is 0 Å². The van der Waals surface area contributed by atoms with Gasteiger partial charge in [0, 0.05) is 46.3 Å². The highest BCUT2D eigenvalue weighted by Crippen LogP contribution is 2.37. The zero-order valence-electron chi connectivity index (χ0n) is 21.9. The summed E-state index contributed by atoms with van der Waals surface area (Å²) < 4.78 is 10.8. The maximum absolute atomic E-state index is 6.49. The molecule has 0 amide bonds. The molecule has 0 aliphatic heterocycles. The highest BCUT2D eigenvalue weighted by Gasteiger charge is 2.14. The lowest BCUT2D eigenvalue weighted by atomic mass is 9.99. The third-order valence-corrected chi connectivity index (χ3v) is 8.09. The van der Waals surface area contributed by atoms with Crippen molar-refractivity contribution in [1.82, 2.24) is 18.8 Å². The Hall–Kier alpha value is -5.68. The summed E-state index contributed by atoms with van der Waals surface area (Å²) in [4.78, 5) is 9.39. The largest absolute Gasteiger partial charge is 0.457 e. The third kappa shape index (κ3) is 3.29. The molecule has 0 N–H and O–H groups in total. The minimum atomic E-state index is 0.764. The number of nitrogens with zero attached hydrogens (tertiary/aromatic N) is 4. The number of benzene rings is 5. The van der Waals surface area contributed by atoms with E-state index >= 15 is 0 Å². The molecule has 5 heteroatoms. The van der Waals surface area contributed by atoms with E-state index in [9.17, 15) is 0 Å². The molecule has 0 fully saturated rings. The SMILES string of the molecule is c1ccc(-c2ccc3c(c2)c2ccc(Oc4ccc5c6ccccc6n6ccnc6c5c4)cc2c2nccn32)cc1. The zero-order chi connectivity index (χ0) is 26.9. The Morgan fingerprint density at radius 2 is 1.05 bits per heavy atom. The Kier molecular flexibility index (Phi) is 4.55. The van der Waals surface area contributed by atoms with Gasteiger partial charge < -0.3 is 4.74 Å². The van der Waals surface area contributed by atoms with E-state index in [-0.39, 0.29) is 0 Å². The second-order valence-corrected chi connectivity index (χ2v) is 10.4. The first kappa shape index (κ1) is 22.2. The average Bonchev–Trinajstić information content (AvgIpc) is 3.73.